The van der Waals surface area contributed by atoms with Crippen molar-refractivity contribution in [1.82, 2.24) is 0 Å². The fraction of sp³-hybridized carbons (Fsp3) is 0.524. The molecule has 1 aromatic carbocycles. The zero-order valence-corrected chi connectivity index (χ0v) is 15.6. The van der Waals surface area contributed by atoms with E-state index in [-0.39, 0.29) is 5.60 Å². The lowest BCUT2D eigenvalue weighted by molar-refractivity contribution is 0.00754. The summed E-state index contributed by atoms with van der Waals surface area (Å²) in [4.78, 5) is 2.71. The second kappa shape index (κ2) is 7.35. The smallest absolute Gasteiger partial charge is 0.127 e. The molecule has 1 heterocycles. The Labute approximate surface area is 154 Å². The Hall–Kier alpha value is -2.57. The van der Waals surface area contributed by atoms with Gasteiger partial charge in [-0.3, -0.25) is 0 Å². The Morgan fingerprint density at radius 3 is 2.96 bits per heavy atom. The van der Waals surface area contributed by atoms with E-state index in [1.807, 2.05) is 12.1 Å². The van der Waals surface area contributed by atoms with Gasteiger partial charge >= 0.3 is 0 Å². The average molecular weight is 351 g/mol. The van der Waals surface area contributed by atoms with Gasteiger partial charge in [0.15, 0.2) is 0 Å². The van der Waals surface area contributed by atoms with Crippen molar-refractivity contribution in [3.05, 3.63) is 45.4 Å². The largest absolute Gasteiger partial charge is 0.508 e. The predicted octanol–water partition coefficient (Wildman–Crippen LogP) is 5.25. The Balaban J connectivity index is 1.86. The van der Waals surface area contributed by atoms with Gasteiger partial charge in [-0.2, -0.15) is 0 Å². The van der Waals surface area contributed by atoms with Crippen LogP contribution in [0.4, 0.5) is 0 Å². The van der Waals surface area contributed by atoms with E-state index in [0.717, 1.165) is 29.7 Å². The van der Waals surface area contributed by atoms with Gasteiger partial charge in [-0.25, -0.2) is 0 Å². The maximum absolute atomic E-state index is 10.7. The highest BCUT2D eigenvalue weighted by atomic mass is 16.5. The van der Waals surface area contributed by atoms with Crippen LogP contribution in [0.25, 0.3) is 10.4 Å². The normalized spacial score (nSPS) is 22.5. The number of rotatable bonds is 3. The molecule has 26 heavy (non-hydrogen) atoms. The van der Waals surface area contributed by atoms with E-state index in [4.69, 9.17) is 10.3 Å². The predicted molar refractivity (Wildman–Crippen MR) is 102 cm³/mol. The molecule has 0 bridgehead atoms. The van der Waals surface area contributed by atoms with Gasteiger partial charge in [-0.05, 0) is 56.8 Å². The number of ether oxygens (including phenoxy) is 1. The maximum Gasteiger partial charge on any atom is 0.127 e. The van der Waals surface area contributed by atoms with Crippen LogP contribution in [0, 0.1) is 17.8 Å². The average Bonchev–Trinajstić information content (AvgIpc) is 2.56. The first kappa shape index (κ1) is 18.2. The Morgan fingerprint density at radius 1 is 1.38 bits per heavy atom. The minimum atomic E-state index is -0.263. The molecule has 1 aromatic rings. The van der Waals surface area contributed by atoms with E-state index < -0.39 is 0 Å². The summed E-state index contributed by atoms with van der Waals surface area (Å²) in [7, 11) is 0. The molecule has 0 saturated carbocycles. The van der Waals surface area contributed by atoms with Crippen molar-refractivity contribution in [2.75, 3.05) is 6.54 Å². The summed E-state index contributed by atoms with van der Waals surface area (Å²) in [5, 5.41) is 14.2. The summed E-state index contributed by atoms with van der Waals surface area (Å²) in [6.45, 7) is 6.82. The molecule has 1 aliphatic carbocycles. The van der Waals surface area contributed by atoms with Gasteiger partial charge in [-0.1, -0.05) is 22.7 Å². The zero-order chi connectivity index (χ0) is 18.7. The van der Waals surface area contributed by atoms with Crippen LogP contribution in [-0.2, 0) is 6.42 Å². The number of hydrogen-bond donors (Lipinski definition) is 1. The fourth-order valence-corrected chi connectivity index (χ4v) is 4.13. The molecular formula is C21H25N3O2. The molecule has 5 heteroatoms. The first-order valence-electron chi connectivity index (χ1n) is 9.09. The number of phenolic OH excluding ortho intramolecular Hbond substituents is 1. The van der Waals surface area contributed by atoms with Crippen molar-refractivity contribution in [2.45, 2.75) is 58.0 Å². The monoisotopic (exact) mass is 351 g/mol. The first-order chi connectivity index (χ1) is 12.4. The molecule has 0 saturated heterocycles. The molecule has 2 aliphatic rings. The van der Waals surface area contributed by atoms with Crippen molar-refractivity contribution in [3.8, 4) is 23.3 Å². The highest BCUT2D eigenvalue weighted by Crippen LogP contribution is 2.54. The molecule has 2 atom stereocenters. The second-order valence-corrected chi connectivity index (χ2v) is 7.67. The molecule has 0 amide bonds. The van der Waals surface area contributed by atoms with Gasteiger partial charge in [0, 0.05) is 41.7 Å². The minimum absolute atomic E-state index is 0.263. The number of nitrogens with zero attached hydrogens (tertiary/aromatic N) is 3. The molecule has 0 spiro atoms. The summed E-state index contributed by atoms with van der Waals surface area (Å²) in [5.41, 5.74) is 11.3. The third kappa shape index (κ3) is 3.66. The lowest BCUT2D eigenvalue weighted by Crippen LogP contribution is -2.45. The van der Waals surface area contributed by atoms with Crippen LogP contribution in [-0.4, -0.2) is 17.3 Å². The Kier molecular flexibility index (Phi) is 5.15. The van der Waals surface area contributed by atoms with E-state index >= 15 is 0 Å². The van der Waals surface area contributed by atoms with Gasteiger partial charge < -0.3 is 9.84 Å². The van der Waals surface area contributed by atoms with Crippen molar-refractivity contribution in [2.24, 2.45) is 11.0 Å². The third-order valence-corrected chi connectivity index (χ3v) is 5.38. The van der Waals surface area contributed by atoms with Crippen molar-refractivity contribution < 1.29 is 9.84 Å². The first-order valence-corrected chi connectivity index (χ1v) is 9.09. The van der Waals surface area contributed by atoms with Crippen LogP contribution in [0.2, 0.25) is 0 Å². The van der Waals surface area contributed by atoms with Gasteiger partial charge in [0.05, 0.1) is 0 Å². The molecule has 0 unspecified atom stereocenters. The van der Waals surface area contributed by atoms with Crippen LogP contribution < -0.4 is 4.74 Å². The molecule has 5 nitrogen and oxygen atoms in total. The highest BCUT2D eigenvalue weighted by Gasteiger charge is 2.45. The number of benzene rings is 1. The maximum atomic E-state index is 10.7. The molecular weight excluding hydrogens is 326 g/mol. The van der Waals surface area contributed by atoms with Crippen LogP contribution in [0.5, 0.6) is 11.5 Å². The summed E-state index contributed by atoms with van der Waals surface area (Å²) < 4.78 is 6.31. The van der Waals surface area contributed by atoms with E-state index in [0.29, 0.717) is 37.0 Å². The minimum Gasteiger partial charge on any atom is -0.508 e. The lowest BCUT2D eigenvalue weighted by Gasteiger charge is -2.47. The summed E-state index contributed by atoms with van der Waals surface area (Å²) >= 11 is 0. The van der Waals surface area contributed by atoms with Crippen molar-refractivity contribution in [3.63, 3.8) is 0 Å². The SMILES string of the molecule is CC1=CC[C@@H]2[C@@H](C1)c1c(O)cc(CC#CCCN=[N+]=[N-])cc1OC2(C)C. The molecule has 3 rings (SSSR count). The molecule has 1 aliphatic heterocycles. The molecule has 1 N–H and O–H groups in total. The zero-order valence-electron chi connectivity index (χ0n) is 15.6. The topological polar surface area (TPSA) is 78.2 Å². The highest BCUT2D eigenvalue weighted by molar-refractivity contribution is 5.53. The number of azide groups is 1. The van der Waals surface area contributed by atoms with Crippen LogP contribution >= 0.6 is 0 Å². The quantitative estimate of drug-likeness (QED) is 0.202. The van der Waals surface area contributed by atoms with E-state index in [9.17, 15) is 5.11 Å². The van der Waals surface area contributed by atoms with Crippen LogP contribution in [0.15, 0.2) is 28.9 Å². The molecule has 0 radical (unpaired) electrons. The lowest BCUT2D eigenvalue weighted by atomic mass is 9.67. The number of allylic oxidation sites excluding steroid dienone is 2. The van der Waals surface area contributed by atoms with Gasteiger partial charge in [0.2, 0.25) is 0 Å². The molecule has 0 aromatic heterocycles. The number of aromatic hydroxyl groups is 1. The van der Waals surface area contributed by atoms with Gasteiger partial charge in [0.1, 0.15) is 17.1 Å². The van der Waals surface area contributed by atoms with Gasteiger partial charge in [-0.15, -0.1) is 5.92 Å². The van der Waals surface area contributed by atoms with Crippen LogP contribution in [0.3, 0.4) is 0 Å². The third-order valence-electron chi connectivity index (χ3n) is 5.38. The standard InChI is InChI=1S/C21H25N3O2/c1-14-8-9-17-16(11-14)20-18(25)12-15(7-5-4-6-10-23-24-22)13-19(20)26-21(17,2)3/h8,12-13,16-17,25H,6-7,9-11H2,1-3H3/t16-,17-/m1/s1. The van der Waals surface area contributed by atoms with Crippen molar-refractivity contribution >= 4 is 0 Å². The number of fused-ring (bicyclic) bond motifs is 3. The molecule has 0 fully saturated rings. The number of phenols is 1. The Morgan fingerprint density at radius 2 is 2.19 bits per heavy atom. The Bertz CT molecular complexity index is 839. The second-order valence-electron chi connectivity index (χ2n) is 7.67. The summed E-state index contributed by atoms with van der Waals surface area (Å²) in [6.07, 6.45) is 5.33. The molecule has 136 valence electrons. The summed E-state index contributed by atoms with van der Waals surface area (Å²) in [6, 6.07) is 3.83. The summed E-state index contributed by atoms with van der Waals surface area (Å²) in [5.74, 6) is 7.83. The fourth-order valence-electron chi connectivity index (χ4n) is 4.13. The van der Waals surface area contributed by atoms with Crippen molar-refractivity contribution in [1.29, 1.82) is 0 Å². The number of hydrogen-bond acceptors (Lipinski definition) is 3. The van der Waals surface area contributed by atoms with E-state index in [1.54, 1.807) is 0 Å². The van der Waals surface area contributed by atoms with Gasteiger partial charge in [0.25, 0.3) is 0 Å². The van der Waals surface area contributed by atoms with Crippen LogP contribution in [0.1, 0.15) is 57.1 Å². The van der Waals surface area contributed by atoms with E-state index in [1.165, 1.54) is 5.57 Å². The van der Waals surface area contributed by atoms with E-state index in [2.05, 4.69) is 48.7 Å².